The van der Waals surface area contributed by atoms with Crippen molar-refractivity contribution in [2.24, 2.45) is 7.05 Å². The van der Waals surface area contributed by atoms with Gasteiger partial charge in [-0.2, -0.15) is 5.10 Å². The van der Waals surface area contributed by atoms with Crippen LogP contribution < -0.4 is 14.8 Å². The Kier molecular flexibility index (Phi) is 5.80. The zero-order valence-corrected chi connectivity index (χ0v) is 15.2. The molecule has 25 heavy (non-hydrogen) atoms. The summed E-state index contributed by atoms with van der Waals surface area (Å²) in [5.41, 5.74) is 2.81. The topological polar surface area (TPSA) is 82.5 Å². The molecule has 1 aromatic heterocycles. The van der Waals surface area contributed by atoms with Crippen LogP contribution in [0, 0.1) is 13.8 Å². The number of carbonyl (C=O) groups excluding carboxylic acids is 2. The van der Waals surface area contributed by atoms with Gasteiger partial charge in [0, 0.05) is 25.5 Å². The van der Waals surface area contributed by atoms with Crippen molar-refractivity contribution in [1.82, 2.24) is 9.78 Å². The lowest BCUT2D eigenvalue weighted by Crippen LogP contribution is -2.14. The molecule has 0 bridgehead atoms. The van der Waals surface area contributed by atoms with Crippen LogP contribution in [-0.2, 0) is 11.8 Å². The van der Waals surface area contributed by atoms with E-state index in [0.29, 0.717) is 22.7 Å². The van der Waals surface area contributed by atoms with E-state index in [1.54, 1.807) is 22.9 Å². The molecule has 1 aromatic carbocycles. The normalized spacial score (nSPS) is 10.4. The molecule has 0 unspecified atom stereocenters. The van der Waals surface area contributed by atoms with E-state index in [9.17, 15) is 9.59 Å². The van der Waals surface area contributed by atoms with Crippen molar-refractivity contribution in [3.63, 3.8) is 0 Å². The number of aromatic nitrogens is 2. The van der Waals surface area contributed by atoms with Gasteiger partial charge in [-0.05, 0) is 32.0 Å². The Morgan fingerprint density at radius 1 is 1.12 bits per heavy atom. The Labute approximate surface area is 146 Å². The molecule has 134 valence electrons. The maximum atomic E-state index is 12.3. The summed E-state index contributed by atoms with van der Waals surface area (Å²) < 4.78 is 12.1. The van der Waals surface area contributed by atoms with Gasteiger partial charge in [0.05, 0.1) is 31.3 Å². The molecule has 0 saturated heterocycles. The second kappa shape index (κ2) is 7.83. The van der Waals surface area contributed by atoms with E-state index >= 15 is 0 Å². The number of carbonyl (C=O) groups is 2. The van der Waals surface area contributed by atoms with Gasteiger partial charge in [-0.25, -0.2) is 0 Å². The Bertz CT molecular complexity index is 796. The van der Waals surface area contributed by atoms with Gasteiger partial charge in [0.1, 0.15) is 0 Å². The number of ether oxygens (including phenoxy) is 2. The first-order chi connectivity index (χ1) is 11.9. The number of rotatable bonds is 7. The van der Waals surface area contributed by atoms with Gasteiger partial charge in [-0.1, -0.05) is 0 Å². The van der Waals surface area contributed by atoms with Crippen molar-refractivity contribution < 1.29 is 19.1 Å². The van der Waals surface area contributed by atoms with Gasteiger partial charge in [0.15, 0.2) is 17.3 Å². The smallest absolute Gasteiger partial charge is 0.224 e. The highest BCUT2D eigenvalue weighted by molar-refractivity contribution is 6.00. The fourth-order valence-corrected chi connectivity index (χ4v) is 2.54. The van der Waals surface area contributed by atoms with Crippen LogP contribution in [0.5, 0.6) is 11.5 Å². The molecule has 0 atom stereocenters. The van der Waals surface area contributed by atoms with Crippen LogP contribution >= 0.6 is 0 Å². The summed E-state index contributed by atoms with van der Waals surface area (Å²) >= 11 is 0. The minimum Gasteiger partial charge on any atom is -0.493 e. The Morgan fingerprint density at radius 2 is 1.80 bits per heavy atom. The number of nitrogens with zero attached hydrogens (tertiary/aromatic N) is 2. The lowest BCUT2D eigenvalue weighted by atomic mass is 10.1. The summed E-state index contributed by atoms with van der Waals surface area (Å²) in [4.78, 5) is 24.5. The number of amides is 1. The molecule has 7 nitrogen and oxygen atoms in total. The number of hydrogen-bond acceptors (Lipinski definition) is 5. The van der Waals surface area contributed by atoms with E-state index in [1.165, 1.54) is 14.2 Å². The summed E-state index contributed by atoms with van der Waals surface area (Å²) in [6.45, 7) is 3.71. The van der Waals surface area contributed by atoms with Crippen LogP contribution in [0.25, 0.3) is 0 Å². The van der Waals surface area contributed by atoms with Crippen molar-refractivity contribution in [1.29, 1.82) is 0 Å². The molecule has 0 spiro atoms. The van der Waals surface area contributed by atoms with Gasteiger partial charge in [-0.3, -0.25) is 14.3 Å². The average Bonchev–Trinajstić information content (AvgIpc) is 2.85. The summed E-state index contributed by atoms with van der Waals surface area (Å²) in [5, 5.41) is 7.08. The summed E-state index contributed by atoms with van der Waals surface area (Å²) in [5.74, 6) is 0.697. The maximum Gasteiger partial charge on any atom is 0.224 e. The highest BCUT2D eigenvalue weighted by Gasteiger charge is 2.15. The fourth-order valence-electron chi connectivity index (χ4n) is 2.54. The third-order valence-corrected chi connectivity index (χ3v) is 4.06. The van der Waals surface area contributed by atoms with Crippen molar-refractivity contribution in [2.45, 2.75) is 26.7 Å². The number of benzene rings is 1. The minimum atomic E-state index is -0.215. The van der Waals surface area contributed by atoms with Crippen molar-refractivity contribution in [3.05, 3.63) is 35.2 Å². The number of nitrogens with one attached hydrogen (secondary N) is 1. The number of hydrogen-bond donors (Lipinski definition) is 1. The minimum absolute atomic E-state index is 0.0982. The number of methoxy groups -OCH3 is 2. The first-order valence-corrected chi connectivity index (χ1v) is 7.92. The molecule has 1 amide bonds. The lowest BCUT2D eigenvalue weighted by Gasteiger charge is -2.09. The van der Waals surface area contributed by atoms with E-state index in [2.05, 4.69) is 10.4 Å². The molecule has 2 rings (SSSR count). The average molecular weight is 345 g/mol. The predicted molar refractivity (Wildman–Crippen MR) is 94.4 cm³/mol. The second-order valence-corrected chi connectivity index (χ2v) is 5.71. The summed E-state index contributed by atoms with van der Waals surface area (Å²) in [6, 6.07) is 4.96. The highest BCUT2D eigenvalue weighted by atomic mass is 16.5. The van der Waals surface area contributed by atoms with Crippen LogP contribution in [0.15, 0.2) is 18.2 Å². The molecule has 0 saturated carbocycles. The van der Waals surface area contributed by atoms with E-state index in [-0.39, 0.29) is 24.5 Å². The molecule has 2 aromatic rings. The fraction of sp³-hybridized carbons (Fsp3) is 0.389. The summed E-state index contributed by atoms with van der Waals surface area (Å²) in [7, 11) is 4.86. The zero-order chi connectivity index (χ0) is 18.6. The molecule has 0 aliphatic rings. The summed E-state index contributed by atoms with van der Waals surface area (Å²) in [6.07, 6.45) is 0.209. The SMILES string of the molecule is COc1ccc(C(=O)CCC(=O)Nc2c(C)nn(C)c2C)cc1OC. The van der Waals surface area contributed by atoms with E-state index in [4.69, 9.17) is 9.47 Å². The molecule has 1 heterocycles. The monoisotopic (exact) mass is 345 g/mol. The van der Waals surface area contributed by atoms with E-state index in [0.717, 1.165) is 11.4 Å². The molecule has 7 heteroatoms. The quantitative estimate of drug-likeness (QED) is 0.780. The largest absolute Gasteiger partial charge is 0.493 e. The number of Topliss-reactive ketones (excluding diaryl/α,β-unsaturated/α-hetero) is 1. The van der Waals surface area contributed by atoms with Crippen LogP contribution in [0.1, 0.15) is 34.6 Å². The van der Waals surface area contributed by atoms with Gasteiger partial charge < -0.3 is 14.8 Å². The van der Waals surface area contributed by atoms with Gasteiger partial charge in [0.2, 0.25) is 5.91 Å². The third-order valence-electron chi connectivity index (χ3n) is 4.06. The standard InChI is InChI=1S/C18H23N3O4/c1-11-18(12(2)21(3)20-11)19-17(23)9-7-14(22)13-6-8-15(24-4)16(10-13)25-5/h6,8,10H,7,9H2,1-5H3,(H,19,23). The molecule has 0 aliphatic carbocycles. The molecule has 0 fully saturated rings. The Hall–Kier alpha value is -2.83. The predicted octanol–water partition coefficient (Wildman–Crippen LogP) is 2.66. The van der Waals surface area contributed by atoms with Crippen LogP contribution in [0.3, 0.4) is 0 Å². The van der Waals surface area contributed by atoms with Crippen LogP contribution in [0.4, 0.5) is 5.69 Å². The molecular formula is C18H23N3O4. The number of anilines is 1. The molecule has 0 aliphatic heterocycles. The van der Waals surface area contributed by atoms with Gasteiger partial charge in [0.25, 0.3) is 0 Å². The maximum absolute atomic E-state index is 12.3. The van der Waals surface area contributed by atoms with Crippen molar-refractivity contribution in [3.8, 4) is 11.5 Å². The second-order valence-electron chi connectivity index (χ2n) is 5.71. The number of aryl methyl sites for hydroxylation is 2. The Balaban J connectivity index is 1.98. The third kappa shape index (κ3) is 4.17. The zero-order valence-electron chi connectivity index (χ0n) is 15.2. The molecular weight excluding hydrogens is 322 g/mol. The molecule has 1 N–H and O–H groups in total. The van der Waals surface area contributed by atoms with Crippen LogP contribution in [-0.4, -0.2) is 35.7 Å². The van der Waals surface area contributed by atoms with Gasteiger partial charge >= 0.3 is 0 Å². The highest BCUT2D eigenvalue weighted by Crippen LogP contribution is 2.28. The van der Waals surface area contributed by atoms with Gasteiger partial charge in [-0.15, -0.1) is 0 Å². The lowest BCUT2D eigenvalue weighted by molar-refractivity contribution is -0.116. The molecule has 0 radical (unpaired) electrons. The van der Waals surface area contributed by atoms with Crippen molar-refractivity contribution in [2.75, 3.05) is 19.5 Å². The van der Waals surface area contributed by atoms with Crippen molar-refractivity contribution >= 4 is 17.4 Å². The number of ketones is 1. The first kappa shape index (κ1) is 18.5. The van der Waals surface area contributed by atoms with E-state index < -0.39 is 0 Å². The van der Waals surface area contributed by atoms with Crippen LogP contribution in [0.2, 0.25) is 0 Å². The van der Waals surface area contributed by atoms with E-state index in [1.807, 2.05) is 20.9 Å². The first-order valence-electron chi connectivity index (χ1n) is 7.92. The Morgan fingerprint density at radius 3 is 2.36 bits per heavy atom.